The molecule has 17 heavy (non-hydrogen) atoms. The van der Waals surface area contributed by atoms with Crippen molar-refractivity contribution in [2.75, 3.05) is 0 Å². The zero-order chi connectivity index (χ0) is 13.8. The molecule has 98 valence electrons. The number of hydrogen-bond acceptors (Lipinski definition) is 2. The molecule has 0 saturated carbocycles. The van der Waals surface area contributed by atoms with Gasteiger partial charge >= 0.3 is 12.1 Å². The molecule has 0 radical (unpaired) electrons. The van der Waals surface area contributed by atoms with Crippen LogP contribution < -0.4 is 0 Å². The normalized spacial score (nSPS) is 10.8. The van der Waals surface area contributed by atoms with E-state index < -0.39 is 29.4 Å². The molecular weight excluding hydrogens is 261 g/mol. The summed E-state index contributed by atoms with van der Waals surface area (Å²) in [4.78, 5) is 10.3. The summed E-state index contributed by atoms with van der Waals surface area (Å²) < 4.78 is 37.5. The van der Waals surface area contributed by atoms with Crippen molar-refractivity contribution < 1.29 is 23.1 Å². The third-order valence-electron chi connectivity index (χ3n) is 1.69. The minimum atomic E-state index is -4.68. The fourth-order valence-electron chi connectivity index (χ4n) is 0.987. The van der Waals surface area contributed by atoms with Gasteiger partial charge in [0, 0.05) is 0 Å². The maximum atomic E-state index is 12.3. The smallest absolute Gasteiger partial charge is 0.436 e. The summed E-state index contributed by atoms with van der Waals surface area (Å²) >= 11 is 5.39. The molecule has 1 aromatic rings. The second-order valence-corrected chi connectivity index (χ2v) is 3.18. The fourth-order valence-corrected chi connectivity index (χ4v) is 1.23. The lowest BCUT2D eigenvalue weighted by atomic mass is 10.3. The van der Waals surface area contributed by atoms with E-state index in [2.05, 4.69) is 5.10 Å². The predicted octanol–water partition coefficient (Wildman–Crippen LogP) is 2.97. The molecule has 1 aromatic heterocycles. The Morgan fingerprint density at radius 3 is 2.24 bits per heavy atom. The molecule has 0 saturated heterocycles. The van der Waals surface area contributed by atoms with Crippen LogP contribution in [0.25, 0.3) is 0 Å². The fraction of sp³-hybridized carbons (Fsp3) is 0.556. The molecule has 4 nitrogen and oxygen atoms in total. The highest BCUT2D eigenvalue weighted by Crippen LogP contribution is 2.35. The molecule has 0 atom stereocenters. The van der Waals surface area contributed by atoms with Gasteiger partial charge in [-0.2, -0.15) is 18.3 Å². The Balaban J connectivity index is 0.00000121. The zero-order valence-electron chi connectivity index (χ0n) is 9.47. The van der Waals surface area contributed by atoms with Crippen molar-refractivity contribution in [1.82, 2.24) is 9.78 Å². The van der Waals surface area contributed by atoms with E-state index in [0.29, 0.717) is 4.68 Å². The Morgan fingerprint density at radius 1 is 1.47 bits per heavy atom. The molecule has 0 bridgehead atoms. The molecular formula is C9H12ClF3N2O2. The van der Waals surface area contributed by atoms with E-state index in [1.807, 2.05) is 13.8 Å². The maximum absolute atomic E-state index is 12.3. The number of nitrogens with zero attached hydrogens (tertiary/aromatic N) is 2. The minimum absolute atomic E-state index is 0.0219. The lowest BCUT2D eigenvalue weighted by Crippen LogP contribution is -2.13. The van der Waals surface area contributed by atoms with E-state index in [4.69, 9.17) is 16.7 Å². The van der Waals surface area contributed by atoms with Crippen LogP contribution in [0.4, 0.5) is 13.2 Å². The van der Waals surface area contributed by atoms with Gasteiger partial charge in [-0.3, -0.25) is 9.48 Å². The molecule has 1 rings (SSSR count). The second-order valence-electron chi connectivity index (χ2n) is 2.80. The summed E-state index contributed by atoms with van der Waals surface area (Å²) in [5.74, 6) is -1.29. The molecule has 0 fully saturated rings. The quantitative estimate of drug-likeness (QED) is 0.900. The van der Waals surface area contributed by atoms with Crippen LogP contribution in [0.2, 0.25) is 5.02 Å². The summed E-state index contributed by atoms with van der Waals surface area (Å²) in [5, 5.41) is 10.9. The molecule has 0 aliphatic carbocycles. The zero-order valence-corrected chi connectivity index (χ0v) is 10.2. The Labute approximate surface area is 101 Å². The third-order valence-corrected chi connectivity index (χ3v) is 2.14. The van der Waals surface area contributed by atoms with Crippen molar-refractivity contribution >= 4 is 17.6 Å². The van der Waals surface area contributed by atoms with E-state index in [1.165, 1.54) is 6.92 Å². The number of aliphatic carboxylic acids is 1. The van der Waals surface area contributed by atoms with Crippen LogP contribution in [-0.4, -0.2) is 20.9 Å². The first kappa shape index (κ1) is 15.8. The summed E-state index contributed by atoms with van der Waals surface area (Å²) in [6.45, 7) is 4.62. The minimum Gasteiger partial charge on any atom is -0.480 e. The highest BCUT2D eigenvalue weighted by Gasteiger charge is 2.38. The van der Waals surface area contributed by atoms with Crippen LogP contribution in [0.15, 0.2) is 0 Å². The number of carboxylic acid groups (broad SMARTS) is 1. The number of hydrogen-bond donors (Lipinski definition) is 1. The van der Waals surface area contributed by atoms with Crippen molar-refractivity contribution in [3.05, 3.63) is 16.4 Å². The second kappa shape index (κ2) is 5.90. The summed E-state index contributed by atoms with van der Waals surface area (Å²) in [7, 11) is 0. The number of alkyl halides is 3. The molecule has 1 heterocycles. The average Bonchev–Trinajstić information content (AvgIpc) is 2.48. The van der Waals surface area contributed by atoms with E-state index in [9.17, 15) is 18.0 Å². The van der Waals surface area contributed by atoms with Crippen molar-refractivity contribution in [2.45, 2.75) is 33.5 Å². The molecule has 0 aliphatic rings. The van der Waals surface area contributed by atoms with Crippen LogP contribution in [0.5, 0.6) is 0 Å². The molecule has 0 unspecified atom stereocenters. The lowest BCUT2D eigenvalue weighted by molar-refractivity contribution is -0.143. The summed E-state index contributed by atoms with van der Waals surface area (Å²) in [6.07, 6.45) is -4.68. The van der Waals surface area contributed by atoms with Crippen molar-refractivity contribution in [1.29, 1.82) is 0 Å². The van der Waals surface area contributed by atoms with Crippen LogP contribution in [0, 0.1) is 6.92 Å². The third kappa shape index (κ3) is 3.92. The van der Waals surface area contributed by atoms with E-state index in [-0.39, 0.29) is 5.69 Å². The first-order valence-electron chi connectivity index (χ1n) is 4.75. The summed E-state index contributed by atoms with van der Waals surface area (Å²) in [6, 6.07) is 0. The number of aromatic nitrogens is 2. The van der Waals surface area contributed by atoms with Gasteiger partial charge in [0.2, 0.25) is 0 Å². The first-order valence-corrected chi connectivity index (χ1v) is 5.13. The number of carbonyl (C=O) groups is 1. The van der Waals surface area contributed by atoms with Gasteiger partial charge in [-0.05, 0) is 6.92 Å². The predicted molar refractivity (Wildman–Crippen MR) is 56.0 cm³/mol. The topological polar surface area (TPSA) is 55.1 Å². The highest BCUT2D eigenvalue weighted by atomic mass is 35.5. The van der Waals surface area contributed by atoms with Gasteiger partial charge in [0.15, 0.2) is 5.69 Å². The molecule has 0 amide bonds. The lowest BCUT2D eigenvalue weighted by Gasteiger charge is -2.01. The Hall–Kier alpha value is -1.24. The van der Waals surface area contributed by atoms with Gasteiger partial charge in [0.05, 0.1) is 10.7 Å². The van der Waals surface area contributed by atoms with E-state index in [1.54, 1.807) is 0 Å². The number of halogens is 4. The van der Waals surface area contributed by atoms with Crippen molar-refractivity contribution in [3.63, 3.8) is 0 Å². The molecule has 0 aliphatic heterocycles. The van der Waals surface area contributed by atoms with E-state index >= 15 is 0 Å². The Morgan fingerprint density at radius 2 is 1.94 bits per heavy atom. The summed E-state index contributed by atoms with van der Waals surface area (Å²) in [5.41, 5.74) is -1.28. The van der Waals surface area contributed by atoms with Gasteiger partial charge in [-0.25, -0.2) is 0 Å². The van der Waals surface area contributed by atoms with Crippen LogP contribution >= 0.6 is 11.6 Å². The van der Waals surface area contributed by atoms with Crippen LogP contribution in [0.3, 0.4) is 0 Å². The Bertz CT molecular complexity index is 402. The molecule has 8 heteroatoms. The molecule has 0 aromatic carbocycles. The number of rotatable bonds is 2. The van der Waals surface area contributed by atoms with Gasteiger partial charge in [0.25, 0.3) is 0 Å². The van der Waals surface area contributed by atoms with Crippen molar-refractivity contribution in [2.24, 2.45) is 0 Å². The molecule has 0 spiro atoms. The van der Waals surface area contributed by atoms with Gasteiger partial charge in [-0.15, -0.1) is 0 Å². The number of carboxylic acids is 1. The monoisotopic (exact) mass is 272 g/mol. The maximum Gasteiger partial charge on any atom is 0.436 e. The van der Waals surface area contributed by atoms with E-state index in [0.717, 1.165) is 0 Å². The molecule has 1 N–H and O–H groups in total. The van der Waals surface area contributed by atoms with Gasteiger partial charge in [-0.1, -0.05) is 25.4 Å². The van der Waals surface area contributed by atoms with Gasteiger partial charge in [0.1, 0.15) is 6.54 Å². The van der Waals surface area contributed by atoms with Crippen LogP contribution in [-0.2, 0) is 17.5 Å². The SMILES string of the molecule is CC.Cc1c(Cl)c(C(F)(F)F)nn1CC(=O)O. The highest BCUT2D eigenvalue weighted by molar-refractivity contribution is 6.31. The van der Waals surface area contributed by atoms with Crippen molar-refractivity contribution in [3.8, 4) is 0 Å². The average molecular weight is 273 g/mol. The van der Waals surface area contributed by atoms with Crippen LogP contribution in [0.1, 0.15) is 25.2 Å². The van der Waals surface area contributed by atoms with Gasteiger partial charge < -0.3 is 5.11 Å². The largest absolute Gasteiger partial charge is 0.480 e. The standard InChI is InChI=1S/C7H6ClF3N2O2.C2H6/c1-3-5(8)6(7(9,10)11)12-13(3)2-4(14)15;1-2/h2H2,1H3,(H,14,15);1-2H3. The Kier molecular flexibility index (Phi) is 5.47. The first-order chi connectivity index (χ1) is 7.73.